The van der Waals surface area contributed by atoms with Gasteiger partial charge in [-0.05, 0) is 52.9 Å². The quantitative estimate of drug-likeness (QED) is 0.816. The largest absolute Gasteiger partial charge is 0.545 e. The molecule has 1 fully saturated rings. The molecule has 3 rings (SSSR count). The lowest BCUT2D eigenvalue weighted by molar-refractivity contribution is -0.255. The van der Waals surface area contributed by atoms with Gasteiger partial charge in [-0.25, -0.2) is 0 Å². The van der Waals surface area contributed by atoms with Crippen molar-refractivity contribution in [3.8, 4) is 5.75 Å². The molecule has 5 nitrogen and oxygen atoms in total. The van der Waals surface area contributed by atoms with Crippen molar-refractivity contribution in [1.82, 2.24) is 0 Å². The van der Waals surface area contributed by atoms with Gasteiger partial charge in [-0.1, -0.05) is 32.9 Å². The first-order chi connectivity index (χ1) is 12.7. The Hall–Kier alpha value is -2.82. The van der Waals surface area contributed by atoms with Crippen LogP contribution in [0.4, 0.5) is 5.69 Å². The van der Waals surface area contributed by atoms with E-state index >= 15 is 0 Å². The Labute approximate surface area is 159 Å². The minimum absolute atomic E-state index is 0.0795. The molecule has 1 aliphatic heterocycles. The molecule has 0 bridgehead atoms. The summed E-state index contributed by atoms with van der Waals surface area (Å²) in [7, 11) is 0. The number of hydrogen-bond acceptors (Lipinski definition) is 4. The number of nitrogens with zero attached hydrogens (tertiary/aromatic N) is 1. The van der Waals surface area contributed by atoms with Crippen molar-refractivity contribution in [1.29, 1.82) is 0 Å². The Morgan fingerprint density at radius 2 is 1.74 bits per heavy atom. The van der Waals surface area contributed by atoms with E-state index in [1.807, 2.05) is 12.1 Å². The van der Waals surface area contributed by atoms with Crippen LogP contribution in [0.5, 0.6) is 5.75 Å². The maximum absolute atomic E-state index is 12.4. The van der Waals surface area contributed by atoms with Crippen LogP contribution in [0, 0.1) is 5.92 Å². The Morgan fingerprint density at radius 1 is 1.11 bits per heavy atom. The fourth-order valence-electron chi connectivity index (χ4n) is 3.19. The van der Waals surface area contributed by atoms with Crippen LogP contribution in [-0.4, -0.2) is 25.0 Å². The van der Waals surface area contributed by atoms with Gasteiger partial charge in [0.05, 0.1) is 12.6 Å². The van der Waals surface area contributed by atoms with Gasteiger partial charge in [0.1, 0.15) is 5.75 Å². The van der Waals surface area contributed by atoms with E-state index in [4.69, 9.17) is 4.74 Å². The van der Waals surface area contributed by atoms with Crippen molar-refractivity contribution in [2.24, 2.45) is 5.92 Å². The number of carbonyl (C=O) groups is 2. The normalized spacial score (nSPS) is 17.2. The first-order valence-corrected chi connectivity index (χ1v) is 9.09. The third kappa shape index (κ3) is 4.48. The number of amides is 1. The van der Waals surface area contributed by atoms with Crippen molar-refractivity contribution in [2.75, 3.05) is 18.1 Å². The number of carbonyl (C=O) groups excluding carboxylic acids is 2. The summed E-state index contributed by atoms with van der Waals surface area (Å²) in [6.07, 6.45) is 0.443. The summed E-state index contributed by atoms with van der Waals surface area (Å²) in [5.74, 6) is -0.434. The van der Waals surface area contributed by atoms with E-state index in [0.29, 0.717) is 25.3 Å². The maximum atomic E-state index is 12.4. The highest BCUT2D eigenvalue weighted by molar-refractivity contribution is 5.95. The molecule has 0 unspecified atom stereocenters. The van der Waals surface area contributed by atoms with E-state index in [-0.39, 0.29) is 22.8 Å². The van der Waals surface area contributed by atoms with Gasteiger partial charge in [-0.15, -0.1) is 0 Å². The molecule has 0 radical (unpaired) electrons. The van der Waals surface area contributed by atoms with Gasteiger partial charge in [0.25, 0.3) is 0 Å². The molecule has 1 saturated heterocycles. The van der Waals surface area contributed by atoms with Crippen LogP contribution in [0.25, 0.3) is 0 Å². The monoisotopic (exact) mass is 366 g/mol. The number of benzene rings is 2. The molecule has 27 heavy (non-hydrogen) atoms. The van der Waals surface area contributed by atoms with E-state index in [9.17, 15) is 14.7 Å². The molecular formula is C22H24NO4-. The predicted molar refractivity (Wildman–Crippen MR) is 102 cm³/mol. The molecule has 1 aliphatic rings. The fourth-order valence-corrected chi connectivity index (χ4v) is 3.19. The number of carboxylic acid groups (broad SMARTS) is 1. The average molecular weight is 366 g/mol. The van der Waals surface area contributed by atoms with Crippen molar-refractivity contribution in [3.05, 3.63) is 59.7 Å². The maximum Gasteiger partial charge on any atom is 0.227 e. The summed E-state index contributed by atoms with van der Waals surface area (Å²) >= 11 is 0. The summed E-state index contributed by atoms with van der Waals surface area (Å²) in [6.45, 7) is 7.51. The number of carboxylic acids is 1. The fraction of sp³-hybridized carbons (Fsp3) is 0.364. The van der Waals surface area contributed by atoms with Crippen molar-refractivity contribution in [2.45, 2.75) is 32.6 Å². The lowest BCUT2D eigenvalue weighted by atomic mass is 9.87. The highest BCUT2D eigenvalue weighted by Gasteiger charge is 2.31. The van der Waals surface area contributed by atoms with Crippen LogP contribution in [0.15, 0.2) is 48.5 Å². The molecule has 5 heteroatoms. The Kier molecular flexibility index (Phi) is 5.22. The van der Waals surface area contributed by atoms with Gasteiger partial charge >= 0.3 is 0 Å². The van der Waals surface area contributed by atoms with Gasteiger partial charge in [0.15, 0.2) is 0 Å². The first kappa shape index (κ1) is 19.0. The number of anilines is 1. The van der Waals surface area contributed by atoms with E-state index < -0.39 is 5.97 Å². The van der Waals surface area contributed by atoms with Crippen molar-refractivity contribution in [3.63, 3.8) is 0 Å². The van der Waals surface area contributed by atoms with Gasteiger partial charge in [-0.3, -0.25) is 4.79 Å². The highest BCUT2D eigenvalue weighted by atomic mass is 16.5. The second-order valence-electron chi connectivity index (χ2n) is 7.99. The third-order valence-electron chi connectivity index (χ3n) is 4.83. The zero-order chi connectivity index (χ0) is 19.6. The van der Waals surface area contributed by atoms with Crippen LogP contribution < -0.4 is 14.7 Å². The zero-order valence-corrected chi connectivity index (χ0v) is 15.9. The molecule has 2 aromatic carbocycles. The lowest BCUT2D eigenvalue weighted by Gasteiger charge is -2.22. The third-order valence-corrected chi connectivity index (χ3v) is 4.83. The molecule has 0 aliphatic carbocycles. The van der Waals surface area contributed by atoms with E-state index in [1.54, 1.807) is 17.0 Å². The molecule has 1 heterocycles. The van der Waals surface area contributed by atoms with Crippen LogP contribution in [-0.2, 0) is 10.2 Å². The molecule has 1 atom stereocenters. The van der Waals surface area contributed by atoms with E-state index in [1.165, 1.54) is 17.7 Å². The first-order valence-electron chi connectivity index (χ1n) is 9.09. The van der Waals surface area contributed by atoms with Gasteiger partial charge in [0.2, 0.25) is 5.91 Å². The number of ether oxygens (including phenoxy) is 1. The van der Waals surface area contributed by atoms with Gasteiger partial charge in [0, 0.05) is 24.6 Å². The molecule has 1 amide bonds. The molecule has 0 N–H and O–H groups in total. The molecule has 0 saturated carbocycles. The molecule has 142 valence electrons. The average Bonchev–Trinajstić information content (AvgIpc) is 3.00. The van der Waals surface area contributed by atoms with Crippen molar-refractivity contribution >= 4 is 17.6 Å². The topological polar surface area (TPSA) is 69.7 Å². The van der Waals surface area contributed by atoms with Crippen LogP contribution in [0.1, 0.15) is 43.1 Å². The van der Waals surface area contributed by atoms with Gasteiger partial charge in [-0.2, -0.15) is 0 Å². The molecular weight excluding hydrogens is 342 g/mol. The predicted octanol–water partition coefficient (Wildman–Crippen LogP) is 2.78. The minimum atomic E-state index is -1.21. The Bertz CT molecular complexity index is 819. The summed E-state index contributed by atoms with van der Waals surface area (Å²) in [6, 6.07) is 14.3. The number of aromatic carboxylic acids is 1. The second-order valence-corrected chi connectivity index (χ2v) is 7.99. The minimum Gasteiger partial charge on any atom is -0.545 e. The van der Waals surface area contributed by atoms with E-state index in [2.05, 4.69) is 32.9 Å². The summed E-state index contributed by atoms with van der Waals surface area (Å²) in [5.41, 5.74) is 2.34. The molecule has 0 aromatic heterocycles. The smallest absolute Gasteiger partial charge is 0.227 e. The highest BCUT2D eigenvalue weighted by Crippen LogP contribution is 2.29. The summed E-state index contributed by atoms with van der Waals surface area (Å²) in [4.78, 5) is 25.0. The molecule has 2 aromatic rings. The SMILES string of the molecule is CC(C)(C)c1ccc(N2C[C@H](COc3ccc(C(=O)[O-])cc3)CC2=O)cc1. The molecule has 0 spiro atoms. The van der Waals surface area contributed by atoms with Crippen LogP contribution >= 0.6 is 0 Å². The Morgan fingerprint density at radius 3 is 2.30 bits per heavy atom. The Balaban J connectivity index is 1.59. The lowest BCUT2D eigenvalue weighted by Crippen LogP contribution is -2.25. The number of rotatable bonds is 5. The van der Waals surface area contributed by atoms with Crippen LogP contribution in [0.3, 0.4) is 0 Å². The summed E-state index contributed by atoms with van der Waals surface area (Å²) in [5, 5.41) is 10.8. The van der Waals surface area contributed by atoms with E-state index in [0.717, 1.165) is 5.69 Å². The standard InChI is InChI=1S/C22H25NO4/c1-22(2,3)17-6-8-18(9-7-17)23-13-15(12-20(23)24)14-27-19-10-4-16(5-11-19)21(25)26/h4-11,15H,12-14H2,1-3H3,(H,25,26)/p-1/t15-/m1/s1. The zero-order valence-electron chi connectivity index (χ0n) is 15.9. The van der Waals surface area contributed by atoms with Crippen molar-refractivity contribution < 1.29 is 19.4 Å². The number of hydrogen-bond donors (Lipinski definition) is 0. The van der Waals surface area contributed by atoms with Gasteiger partial charge < -0.3 is 19.5 Å². The second kappa shape index (κ2) is 7.43. The van der Waals surface area contributed by atoms with Crippen LogP contribution in [0.2, 0.25) is 0 Å². The summed E-state index contributed by atoms with van der Waals surface area (Å²) < 4.78 is 5.73.